The number of hydrogen-bond acceptors (Lipinski definition) is 9. The highest BCUT2D eigenvalue weighted by Gasteiger charge is 2.44. The van der Waals surface area contributed by atoms with E-state index in [1.165, 1.54) is 148 Å². The molecule has 1 fully saturated rings. The summed E-state index contributed by atoms with van der Waals surface area (Å²) in [6.45, 7) is 3.63. The van der Waals surface area contributed by atoms with Crippen molar-refractivity contribution in [2.24, 2.45) is 0 Å². The van der Waals surface area contributed by atoms with Crippen LogP contribution in [0.15, 0.2) is 24.3 Å². The number of carbonyl (C=O) groups excluding carboxylic acids is 1. The highest BCUT2D eigenvalue weighted by molar-refractivity contribution is 5.76. The van der Waals surface area contributed by atoms with E-state index in [1.807, 2.05) is 6.08 Å². The number of aliphatic hydroxyl groups is 6. The summed E-state index contributed by atoms with van der Waals surface area (Å²) in [6.07, 6.45) is 34.9. The van der Waals surface area contributed by atoms with Crippen LogP contribution in [0.2, 0.25) is 0 Å². The zero-order chi connectivity index (χ0) is 42.5. The van der Waals surface area contributed by atoms with Crippen LogP contribution in [0, 0.1) is 0 Å². The van der Waals surface area contributed by atoms with Crippen LogP contribution < -0.4 is 5.32 Å². The van der Waals surface area contributed by atoms with E-state index >= 15 is 0 Å². The van der Waals surface area contributed by atoms with Crippen molar-refractivity contribution in [3.63, 3.8) is 0 Å². The van der Waals surface area contributed by atoms with Gasteiger partial charge in [0.2, 0.25) is 5.91 Å². The Bertz CT molecular complexity index is 979. The van der Waals surface area contributed by atoms with Crippen molar-refractivity contribution in [3.8, 4) is 0 Å². The number of unbranched alkanes of at least 4 members (excludes halogenated alkanes) is 26. The summed E-state index contributed by atoms with van der Waals surface area (Å²) in [5, 5.41) is 64.9. The van der Waals surface area contributed by atoms with Gasteiger partial charge in [-0.15, -0.1) is 0 Å². The van der Waals surface area contributed by atoms with Gasteiger partial charge >= 0.3 is 0 Å². The Balaban J connectivity index is 2.38. The molecule has 1 aliphatic rings. The molecule has 0 spiro atoms. The molecule has 0 aliphatic carbocycles. The van der Waals surface area contributed by atoms with Crippen LogP contribution in [0.5, 0.6) is 0 Å². The molecule has 0 saturated carbocycles. The maximum absolute atomic E-state index is 13.0. The van der Waals surface area contributed by atoms with Gasteiger partial charge in [0.15, 0.2) is 6.29 Å². The molecule has 1 aliphatic heterocycles. The number of nitrogens with one attached hydrogen (secondary N) is 1. The van der Waals surface area contributed by atoms with E-state index in [0.29, 0.717) is 6.42 Å². The lowest BCUT2D eigenvalue weighted by atomic mass is 9.99. The minimum Gasteiger partial charge on any atom is -0.394 e. The van der Waals surface area contributed by atoms with Gasteiger partial charge in [-0.3, -0.25) is 4.79 Å². The van der Waals surface area contributed by atoms with Crippen LogP contribution in [-0.2, 0) is 14.3 Å². The van der Waals surface area contributed by atoms with Gasteiger partial charge in [0, 0.05) is 12.8 Å². The van der Waals surface area contributed by atoms with E-state index in [-0.39, 0.29) is 25.4 Å². The first-order valence-electron chi connectivity index (χ1n) is 24.1. The lowest BCUT2D eigenvalue weighted by molar-refractivity contribution is -0.302. The molecule has 8 unspecified atom stereocenters. The van der Waals surface area contributed by atoms with Crippen molar-refractivity contribution in [1.29, 1.82) is 0 Å². The van der Waals surface area contributed by atoms with Crippen LogP contribution in [0.4, 0.5) is 0 Å². The first-order chi connectivity index (χ1) is 28.2. The lowest BCUT2D eigenvalue weighted by Crippen LogP contribution is -2.60. The summed E-state index contributed by atoms with van der Waals surface area (Å²) in [5.41, 5.74) is 0. The Morgan fingerprint density at radius 3 is 1.57 bits per heavy atom. The number of hydrogen-bond donors (Lipinski definition) is 7. The van der Waals surface area contributed by atoms with E-state index in [0.717, 1.165) is 32.1 Å². The lowest BCUT2D eigenvalue weighted by Gasteiger charge is -2.40. The molecule has 0 aromatic heterocycles. The summed E-state index contributed by atoms with van der Waals surface area (Å²) in [4.78, 5) is 13.0. The molecule has 7 N–H and O–H groups in total. The summed E-state index contributed by atoms with van der Waals surface area (Å²) >= 11 is 0. The normalized spacial score (nSPS) is 21.6. The first-order valence-corrected chi connectivity index (χ1v) is 24.1. The largest absolute Gasteiger partial charge is 0.394 e. The molecule has 0 aromatic carbocycles. The summed E-state index contributed by atoms with van der Waals surface area (Å²) < 4.78 is 11.1. The van der Waals surface area contributed by atoms with E-state index in [9.17, 15) is 35.4 Å². The molecule has 1 amide bonds. The average molecular weight is 826 g/mol. The van der Waals surface area contributed by atoms with Gasteiger partial charge in [0.1, 0.15) is 24.4 Å². The summed E-state index contributed by atoms with van der Waals surface area (Å²) in [6, 6.07) is -0.935. The Hall–Kier alpha value is -1.37. The number of ether oxygens (including phenoxy) is 2. The fourth-order valence-electron chi connectivity index (χ4n) is 7.71. The molecule has 1 rings (SSSR count). The SMILES string of the molecule is CCCCCCCCCCCCCCCCCC=CCC=CC(O)CC(O)C(COC1OC(CO)C(O)C(O)C1O)NC(=O)CCCCCCCCCCCCCC. The van der Waals surface area contributed by atoms with E-state index in [1.54, 1.807) is 6.08 Å². The second-order valence-corrected chi connectivity index (χ2v) is 17.1. The highest BCUT2D eigenvalue weighted by atomic mass is 16.7. The van der Waals surface area contributed by atoms with Gasteiger partial charge < -0.3 is 45.4 Å². The van der Waals surface area contributed by atoms with Crippen molar-refractivity contribution in [1.82, 2.24) is 5.32 Å². The molecule has 0 aromatic rings. The molecule has 0 radical (unpaired) electrons. The van der Waals surface area contributed by atoms with Crippen LogP contribution in [-0.4, -0.2) is 98.7 Å². The monoisotopic (exact) mass is 826 g/mol. The predicted octanol–water partition coefficient (Wildman–Crippen LogP) is 9.25. The van der Waals surface area contributed by atoms with Gasteiger partial charge in [-0.25, -0.2) is 0 Å². The smallest absolute Gasteiger partial charge is 0.220 e. The molecule has 1 heterocycles. The summed E-state index contributed by atoms with van der Waals surface area (Å²) in [5.74, 6) is -0.252. The van der Waals surface area contributed by atoms with Crippen molar-refractivity contribution < 1.29 is 44.9 Å². The van der Waals surface area contributed by atoms with Gasteiger partial charge in [0.05, 0.1) is 31.5 Å². The van der Waals surface area contributed by atoms with Crippen LogP contribution in [0.3, 0.4) is 0 Å². The zero-order valence-electron chi connectivity index (χ0n) is 37.2. The molecule has 8 atom stereocenters. The maximum atomic E-state index is 13.0. The second-order valence-electron chi connectivity index (χ2n) is 17.1. The average Bonchev–Trinajstić information content (AvgIpc) is 3.21. The minimum absolute atomic E-state index is 0.0546. The molecule has 0 bridgehead atoms. The maximum Gasteiger partial charge on any atom is 0.220 e. The third-order valence-corrected chi connectivity index (χ3v) is 11.6. The number of allylic oxidation sites excluding steroid dienone is 3. The Kier molecular flexibility index (Phi) is 36.3. The molecule has 58 heavy (non-hydrogen) atoms. The van der Waals surface area contributed by atoms with Crippen molar-refractivity contribution in [2.45, 2.75) is 262 Å². The fourth-order valence-corrected chi connectivity index (χ4v) is 7.71. The van der Waals surface area contributed by atoms with Gasteiger partial charge in [-0.1, -0.05) is 199 Å². The van der Waals surface area contributed by atoms with Crippen molar-refractivity contribution >= 4 is 5.91 Å². The van der Waals surface area contributed by atoms with Crippen molar-refractivity contribution in [3.05, 3.63) is 24.3 Å². The molecule has 10 nitrogen and oxygen atoms in total. The van der Waals surface area contributed by atoms with Crippen molar-refractivity contribution in [2.75, 3.05) is 13.2 Å². The number of amides is 1. The number of rotatable bonds is 40. The molecule has 1 saturated heterocycles. The Morgan fingerprint density at radius 2 is 1.09 bits per heavy atom. The molecular formula is C48H91NO9. The fraction of sp³-hybridized carbons (Fsp3) is 0.896. The van der Waals surface area contributed by atoms with E-state index in [4.69, 9.17) is 9.47 Å². The molecular weight excluding hydrogens is 735 g/mol. The zero-order valence-corrected chi connectivity index (χ0v) is 37.2. The topological polar surface area (TPSA) is 169 Å². The second kappa shape index (κ2) is 38.5. The van der Waals surface area contributed by atoms with E-state index in [2.05, 4.69) is 31.3 Å². The quantitative estimate of drug-likeness (QED) is 0.0235. The molecule has 10 heteroatoms. The number of aliphatic hydroxyl groups excluding tert-OH is 6. The summed E-state index contributed by atoms with van der Waals surface area (Å²) in [7, 11) is 0. The van der Waals surface area contributed by atoms with Gasteiger partial charge in [0.25, 0.3) is 0 Å². The van der Waals surface area contributed by atoms with Gasteiger partial charge in [-0.2, -0.15) is 0 Å². The third kappa shape index (κ3) is 29.0. The number of carbonyl (C=O) groups is 1. The highest BCUT2D eigenvalue weighted by Crippen LogP contribution is 2.23. The van der Waals surface area contributed by atoms with Crippen LogP contribution in [0.25, 0.3) is 0 Å². The first kappa shape index (κ1) is 54.6. The minimum atomic E-state index is -1.61. The van der Waals surface area contributed by atoms with Gasteiger partial charge in [-0.05, 0) is 25.7 Å². The predicted molar refractivity (Wildman–Crippen MR) is 236 cm³/mol. The Morgan fingerprint density at radius 1 is 0.621 bits per heavy atom. The standard InChI is InChI=1S/C48H91NO9/c1-3-5-7-9-11-13-15-17-18-19-20-21-22-23-24-25-27-29-31-33-35-40(51)37-42(52)41(39-57-48-47(56)46(55)45(54)43(38-50)58-48)49-44(53)36-34-32-30-28-26-16-14-12-10-8-6-4-2/h27,29,33,35,40-43,45-48,50-52,54-56H,3-26,28,30-32,34,36-39H2,1-2H3,(H,49,53). The van der Waals surface area contributed by atoms with Crippen LogP contribution >= 0.6 is 0 Å². The Labute approximate surface area is 354 Å². The third-order valence-electron chi connectivity index (χ3n) is 11.6. The molecule has 342 valence electrons. The van der Waals surface area contributed by atoms with E-state index < -0.39 is 55.6 Å². The van der Waals surface area contributed by atoms with Crippen LogP contribution in [0.1, 0.15) is 213 Å².